The van der Waals surface area contributed by atoms with E-state index in [1.54, 1.807) is 19.2 Å². The molecule has 0 heterocycles. The van der Waals surface area contributed by atoms with Crippen LogP contribution in [0.25, 0.3) is 11.1 Å². The maximum absolute atomic E-state index is 12.1. The van der Waals surface area contributed by atoms with Crippen LogP contribution < -0.4 is 19.6 Å². The number of methoxy groups -OCH3 is 1. The van der Waals surface area contributed by atoms with Crippen molar-refractivity contribution < 1.29 is 19.0 Å². The van der Waals surface area contributed by atoms with Gasteiger partial charge in [-0.2, -0.15) is 5.10 Å². The van der Waals surface area contributed by atoms with Crippen LogP contribution in [0.3, 0.4) is 0 Å². The van der Waals surface area contributed by atoms with Gasteiger partial charge in [0.15, 0.2) is 18.1 Å². The summed E-state index contributed by atoms with van der Waals surface area (Å²) in [6.07, 6.45) is 1.54. The predicted octanol–water partition coefficient (Wildman–Crippen LogP) is 4.29. The summed E-state index contributed by atoms with van der Waals surface area (Å²) < 4.78 is 16.5. The number of amides is 1. The highest BCUT2D eigenvalue weighted by atomic mass is 16.5. The Morgan fingerprint density at radius 1 is 0.933 bits per heavy atom. The molecule has 1 N–H and O–H groups in total. The summed E-state index contributed by atoms with van der Waals surface area (Å²) in [7, 11) is 1.59. The van der Waals surface area contributed by atoms with Crippen LogP contribution in [0, 0.1) is 0 Å². The lowest BCUT2D eigenvalue weighted by atomic mass is 10.1. The van der Waals surface area contributed by atoms with E-state index in [1.165, 1.54) is 6.21 Å². The number of nitrogens with zero attached hydrogens (tertiary/aromatic N) is 1. The number of hydrazone groups is 1. The number of hydrogen-bond donors (Lipinski definition) is 1. The molecule has 0 spiro atoms. The SMILES string of the molecule is CCOc1cc(/C=N\NC(=O)COc2ccccc2-c2ccccc2)ccc1OC. The summed E-state index contributed by atoms with van der Waals surface area (Å²) in [4.78, 5) is 12.1. The molecule has 0 saturated carbocycles. The fraction of sp³-hybridized carbons (Fsp3) is 0.167. The number of rotatable bonds is 9. The van der Waals surface area contributed by atoms with Gasteiger partial charge in [0, 0.05) is 5.56 Å². The molecule has 0 aliphatic heterocycles. The number of para-hydroxylation sites is 1. The monoisotopic (exact) mass is 404 g/mol. The molecule has 30 heavy (non-hydrogen) atoms. The van der Waals surface area contributed by atoms with Gasteiger partial charge in [0.2, 0.25) is 0 Å². The van der Waals surface area contributed by atoms with Gasteiger partial charge in [0.25, 0.3) is 5.91 Å². The summed E-state index contributed by atoms with van der Waals surface area (Å²) in [5, 5.41) is 3.99. The number of carbonyl (C=O) groups excluding carboxylic acids is 1. The van der Waals surface area contributed by atoms with Crippen LogP contribution in [-0.2, 0) is 4.79 Å². The molecule has 0 saturated heterocycles. The highest BCUT2D eigenvalue weighted by Crippen LogP contribution is 2.29. The van der Waals surface area contributed by atoms with E-state index in [9.17, 15) is 4.79 Å². The minimum atomic E-state index is -0.354. The van der Waals surface area contributed by atoms with Gasteiger partial charge in [0.05, 0.1) is 19.9 Å². The van der Waals surface area contributed by atoms with Crippen molar-refractivity contribution in [3.05, 3.63) is 78.4 Å². The molecule has 0 fully saturated rings. The van der Waals surface area contributed by atoms with E-state index in [4.69, 9.17) is 14.2 Å². The molecule has 6 heteroatoms. The van der Waals surface area contributed by atoms with Crippen molar-refractivity contribution in [2.24, 2.45) is 5.10 Å². The van der Waals surface area contributed by atoms with E-state index in [0.717, 1.165) is 16.7 Å². The average molecular weight is 404 g/mol. The molecule has 0 aliphatic rings. The fourth-order valence-corrected chi connectivity index (χ4v) is 2.84. The first-order chi connectivity index (χ1) is 14.7. The molecule has 0 radical (unpaired) electrons. The lowest BCUT2D eigenvalue weighted by Gasteiger charge is -2.11. The van der Waals surface area contributed by atoms with Gasteiger partial charge in [-0.1, -0.05) is 48.5 Å². The second-order valence-electron chi connectivity index (χ2n) is 6.29. The summed E-state index contributed by atoms with van der Waals surface area (Å²) in [5.74, 6) is 1.55. The fourth-order valence-electron chi connectivity index (χ4n) is 2.84. The van der Waals surface area contributed by atoms with Crippen LogP contribution in [0.15, 0.2) is 77.9 Å². The largest absolute Gasteiger partial charge is 0.493 e. The molecule has 1 amide bonds. The third-order valence-corrected chi connectivity index (χ3v) is 4.22. The molecule has 3 rings (SSSR count). The zero-order chi connectivity index (χ0) is 21.2. The van der Waals surface area contributed by atoms with Crippen LogP contribution in [0.4, 0.5) is 0 Å². The van der Waals surface area contributed by atoms with E-state index in [0.29, 0.717) is 23.9 Å². The lowest BCUT2D eigenvalue weighted by molar-refractivity contribution is -0.123. The first kappa shape index (κ1) is 20.9. The molecule has 3 aromatic rings. The molecular weight excluding hydrogens is 380 g/mol. The van der Waals surface area contributed by atoms with Gasteiger partial charge in [0.1, 0.15) is 5.75 Å². The third-order valence-electron chi connectivity index (χ3n) is 4.22. The first-order valence-electron chi connectivity index (χ1n) is 9.61. The maximum atomic E-state index is 12.1. The Bertz CT molecular complexity index is 1000. The molecule has 154 valence electrons. The second-order valence-corrected chi connectivity index (χ2v) is 6.29. The highest BCUT2D eigenvalue weighted by Gasteiger charge is 2.08. The first-order valence-corrected chi connectivity index (χ1v) is 9.61. The van der Waals surface area contributed by atoms with Crippen molar-refractivity contribution in [2.45, 2.75) is 6.92 Å². The van der Waals surface area contributed by atoms with Crippen molar-refractivity contribution in [1.29, 1.82) is 0 Å². The molecule has 3 aromatic carbocycles. The zero-order valence-corrected chi connectivity index (χ0v) is 17.0. The number of carbonyl (C=O) groups is 1. The number of nitrogens with one attached hydrogen (secondary N) is 1. The van der Waals surface area contributed by atoms with Crippen molar-refractivity contribution in [2.75, 3.05) is 20.3 Å². The standard InChI is InChI=1S/C24H24N2O4/c1-3-29-23-15-18(13-14-22(23)28-2)16-25-26-24(27)17-30-21-12-8-7-11-20(21)19-9-5-4-6-10-19/h4-16H,3,17H2,1-2H3,(H,26,27)/b25-16-. The normalized spacial score (nSPS) is 10.6. The van der Waals surface area contributed by atoms with Crippen molar-refractivity contribution in [3.8, 4) is 28.4 Å². The van der Waals surface area contributed by atoms with E-state index < -0.39 is 0 Å². The minimum absolute atomic E-state index is 0.145. The van der Waals surface area contributed by atoms with E-state index in [-0.39, 0.29) is 12.5 Å². The summed E-state index contributed by atoms with van der Waals surface area (Å²) in [5.41, 5.74) is 5.20. The van der Waals surface area contributed by atoms with Gasteiger partial charge in [-0.05, 0) is 42.3 Å². The van der Waals surface area contributed by atoms with Crippen molar-refractivity contribution in [3.63, 3.8) is 0 Å². The lowest BCUT2D eigenvalue weighted by Crippen LogP contribution is -2.24. The van der Waals surface area contributed by atoms with Gasteiger partial charge >= 0.3 is 0 Å². The Hall–Kier alpha value is -3.80. The Kier molecular flexibility index (Phi) is 7.44. The maximum Gasteiger partial charge on any atom is 0.277 e. The quantitative estimate of drug-likeness (QED) is 0.427. The molecule has 0 aromatic heterocycles. The Morgan fingerprint density at radius 3 is 2.47 bits per heavy atom. The van der Waals surface area contributed by atoms with E-state index in [2.05, 4.69) is 10.5 Å². The topological polar surface area (TPSA) is 69.2 Å². The third kappa shape index (κ3) is 5.61. The van der Waals surface area contributed by atoms with Crippen LogP contribution in [0.2, 0.25) is 0 Å². The Morgan fingerprint density at radius 2 is 1.70 bits per heavy atom. The molecule has 6 nitrogen and oxygen atoms in total. The van der Waals surface area contributed by atoms with Gasteiger partial charge in [-0.25, -0.2) is 5.43 Å². The molecule has 0 aliphatic carbocycles. The Labute approximate surface area is 176 Å². The second kappa shape index (κ2) is 10.7. The van der Waals surface area contributed by atoms with E-state index >= 15 is 0 Å². The van der Waals surface area contributed by atoms with Crippen LogP contribution >= 0.6 is 0 Å². The van der Waals surface area contributed by atoms with Gasteiger partial charge in [-0.3, -0.25) is 4.79 Å². The number of hydrogen-bond acceptors (Lipinski definition) is 5. The van der Waals surface area contributed by atoms with Crippen LogP contribution in [-0.4, -0.2) is 32.4 Å². The van der Waals surface area contributed by atoms with Crippen LogP contribution in [0.5, 0.6) is 17.2 Å². The van der Waals surface area contributed by atoms with Gasteiger partial charge < -0.3 is 14.2 Å². The van der Waals surface area contributed by atoms with E-state index in [1.807, 2.05) is 67.6 Å². The highest BCUT2D eigenvalue weighted by molar-refractivity contribution is 5.84. The number of ether oxygens (including phenoxy) is 3. The zero-order valence-electron chi connectivity index (χ0n) is 17.0. The minimum Gasteiger partial charge on any atom is -0.493 e. The molecule has 0 atom stereocenters. The Balaban J connectivity index is 1.58. The predicted molar refractivity (Wildman–Crippen MR) is 117 cm³/mol. The summed E-state index contributed by atoms with van der Waals surface area (Å²) in [6.45, 7) is 2.28. The average Bonchev–Trinajstić information content (AvgIpc) is 2.79. The smallest absolute Gasteiger partial charge is 0.277 e. The van der Waals surface area contributed by atoms with Crippen LogP contribution in [0.1, 0.15) is 12.5 Å². The van der Waals surface area contributed by atoms with Crippen molar-refractivity contribution in [1.82, 2.24) is 5.43 Å². The van der Waals surface area contributed by atoms with Gasteiger partial charge in [-0.15, -0.1) is 0 Å². The molecule has 0 bridgehead atoms. The van der Waals surface area contributed by atoms with Crippen molar-refractivity contribution >= 4 is 12.1 Å². The molecular formula is C24H24N2O4. The number of benzene rings is 3. The summed E-state index contributed by atoms with van der Waals surface area (Å²) >= 11 is 0. The molecule has 0 unspecified atom stereocenters. The summed E-state index contributed by atoms with van der Waals surface area (Å²) in [6, 6.07) is 22.9.